The molecule has 0 spiro atoms. The Hall–Kier alpha value is -1.65. The Labute approximate surface area is 111 Å². The summed E-state index contributed by atoms with van der Waals surface area (Å²) in [6.07, 6.45) is 3.30. The zero-order valence-electron chi connectivity index (χ0n) is 10.1. The summed E-state index contributed by atoms with van der Waals surface area (Å²) in [5.41, 5.74) is 0.885. The van der Waals surface area contributed by atoms with Crippen LogP contribution in [0.3, 0.4) is 0 Å². The molecule has 0 bridgehead atoms. The number of halogens is 1. The highest BCUT2D eigenvalue weighted by atomic mass is 35.5. The molecule has 1 aromatic heterocycles. The van der Waals surface area contributed by atoms with Gasteiger partial charge in [0, 0.05) is 11.6 Å². The molecular formula is C13H14ClN3O. The van der Waals surface area contributed by atoms with Gasteiger partial charge in [0.05, 0.1) is 18.1 Å². The molecule has 1 aromatic carbocycles. The van der Waals surface area contributed by atoms with Crippen molar-refractivity contribution in [1.29, 1.82) is 0 Å². The molecule has 94 valence electrons. The van der Waals surface area contributed by atoms with Crippen LogP contribution in [0.5, 0.6) is 11.6 Å². The predicted octanol–water partition coefficient (Wildman–Crippen LogP) is 3.03. The fourth-order valence-electron chi connectivity index (χ4n) is 1.39. The monoisotopic (exact) mass is 263 g/mol. The van der Waals surface area contributed by atoms with Crippen molar-refractivity contribution in [2.45, 2.75) is 13.5 Å². The van der Waals surface area contributed by atoms with E-state index in [1.165, 1.54) is 0 Å². The van der Waals surface area contributed by atoms with Crippen LogP contribution in [-0.2, 0) is 6.54 Å². The lowest BCUT2D eigenvalue weighted by molar-refractivity contribution is 0.459. The topological polar surface area (TPSA) is 47.0 Å². The maximum Gasteiger partial charge on any atom is 0.237 e. The third-order valence-corrected chi connectivity index (χ3v) is 2.49. The lowest BCUT2D eigenvalue weighted by Crippen LogP contribution is -2.13. The first-order valence-corrected chi connectivity index (χ1v) is 6.11. The second-order valence-corrected chi connectivity index (χ2v) is 4.12. The number of hydrogen-bond acceptors (Lipinski definition) is 4. The number of ether oxygens (including phenoxy) is 1. The standard InChI is InChI=1S/C13H14ClN3O/c1-2-15-7-11-8-17-13(9-16-11)18-12-5-3-4-10(14)6-12/h3-6,8-9,15H,2,7H2,1H3. The largest absolute Gasteiger partial charge is 0.437 e. The van der Waals surface area contributed by atoms with Gasteiger partial charge in [0.25, 0.3) is 0 Å². The number of benzene rings is 1. The number of nitrogens with one attached hydrogen (secondary N) is 1. The summed E-state index contributed by atoms with van der Waals surface area (Å²) in [5.74, 6) is 1.11. The van der Waals surface area contributed by atoms with Gasteiger partial charge in [-0.05, 0) is 24.7 Å². The van der Waals surface area contributed by atoms with E-state index in [-0.39, 0.29) is 0 Å². The van der Waals surface area contributed by atoms with Crippen molar-refractivity contribution in [2.75, 3.05) is 6.54 Å². The number of aromatic nitrogens is 2. The van der Waals surface area contributed by atoms with E-state index in [0.29, 0.717) is 23.2 Å². The van der Waals surface area contributed by atoms with Crippen LogP contribution in [0.15, 0.2) is 36.7 Å². The van der Waals surface area contributed by atoms with E-state index >= 15 is 0 Å². The highest BCUT2D eigenvalue weighted by Crippen LogP contribution is 2.21. The minimum Gasteiger partial charge on any atom is -0.437 e. The van der Waals surface area contributed by atoms with Crippen molar-refractivity contribution in [2.24, 2.45) is 0 Å². The molecule has 0 saturated carbocycles. The molecule has 0 unspecified atom stereocenters. The molecule has 0 aliphatic heterocycles. The maximum absolute atomic E-state index is 5.87. The van der Waals surface area contributed by atoms with E-state index in [0.717, 1.165) is 12.2 Å². The second kappa shape index (κ2) is 6.33. The molecule has 1 heterocycles. The van der Waals surface area contributed by atoms with E-state index in [1.807, 2.05) is 19.1 Å². The average Bonchev–Trinajstić information content (AvgIpc) is 2.38. The SMILES string of the molecule is CCNCc1cnc(Oc2cccc(Cl)c2)cn1. The fourth-order valence-corrected chi connectivity index (χ4v) is 1.57. The van der Waals surface area contributed by atoms with Crippen molar-refractivity contribution < 1.29 is 4.74 Å². The molecule has 0 fully saturated rings. The van der Waals surface area contributed by atoms with Crippen LogP contribution in [0, 0.1) is 0 Å². The summed E-state index contributed by atoms with van der Waals surface area (Å²) in [6, 6.07) is 7.17. The predicted molar refractivity (Wildman–Crippen MR) is 70.9 cm³/mol. The summed E-state index contributed by atoms with van der Waals surface area (Å²) >= 11 is 5.87. The molecule has 2 aromatic rings. The van der Waals surface area contributed by atoms with Crippen molar-refractivity contribution >= 4 is 11.6 Å². The van der Waals surface area contributed by atoms with Gasteiger partial charge in [-0.2, -0.15) is 0 Å². The van der Waals surface area contributed by atoms with Gasteiger partial charge in [-0.3, -0.25) is 4.98 Å². The van der Waals surface area contributed by atoms with E-state index in [1.54, 1.807) is 24.5 Å². The number of nitrogens with zero attached hydrogens (tertiary/aromatic N) is 2. The molecule has 0 aliphatic carbocycles. The molecule has 0 radical (unpaired) electrons. The van der Waals surface area contributed by atoms with Gasteiger partial charge in [-0.15, -0.1) is 0 Å². The lowest BCUT2D eigenvalue weighted by atomic mass is 10.3. The number of rotatable bonds is 5. The molecule has 2 rings (SSSR count). The molecule has 0 saturated heterocycles. The Morgan fingerprint density at radius 2 is 2.17 bits per heavy atom. The molecule has 5 heteroatoms. The van der Waals surface area contributed by atoms with Crippen LogP contribution in [0.4, 0.5) is 0 Å². The van der Waals surface area contributed by atoms with Crippen LogP contribution in [0.25, 0.3) is 0 Å². The highest BCUT2D eigenvalue weighted by Gasteiger charge is 2.01. The van der Waals surface area contributed by atoms with Gasteiger partial charge in [-0.1, -0.05) is 24.6 Å². The third kappa shape index (κ3) is 3.68. The van der Waals surface area contributed by atoms with Crippen molar-refractivity contribution in [3.63, 3.8) is 0 Å². The van der Waals surface area contributed by atoms with Gasteiger partial charge in [0.2, 0.25) is 5.88 Å². The minimum absolute atomic E-state index is 0.456. The van der Waals surface area contributed by atoms with Gasteiger partial charge in [0.15, 0.2) is 0 Å². The summed E-state index contributed by atoms with van der Waals surface area (Å²) in [5, 5.41) is 3.81. The van der Waals surface area contributed by atoms with E-state index in [9.17, 15) is 0 Å². The van der Waals surface area contributed by atoms with Crippen molar-refractivity contribution in [3.8, 4) is 11.6 Å². The molecule has 4 nitrogen and oxygen atoms in total. The zero-order chi connectivity index (χ0) is 12.8. The average molecular weight is 264 g/mol. The van der Waals surface area contributed by atoms with Gasteiger partial charge in [0.1, 0.15) is 5.75 Å². The molecular weight excluding hydrogens is 250 g/mol. The zero-order valence-corrected chi connectivity index (χ0v) is 10.8. The van der Waals surface area contributed by atoms with E-state index in [4.69, 9.17) is 16.3 Å². The summed E-state index contributed by atoms with van der Waals surface area (Å²) in [7, 11) is 0. The van der Waals surface area contributed by atoms with Crippen LogP contribution >= 0.6 is 11.6 Å². The Bertz CT molecular complexity index is 502. The highest BCUT2D eigenvalue weighted by molar-refractivity contribution is 6.30. The normalized spacial score (nSPS) is 10.3. The van der Waals surface area contributed by atoms with Crippen molar-refractivity contribution in [1.82, 2.24) is 15.3 Å². The van der Waals surface area contributed by atoms with Crippen LogP contribution in [0.2, 0.25) is 5.02 Å². The second-order valence-electron chi connectivity index (χ2n) is 3.69. The first-order chi connectivity index (χ1) is 8.78. The molecule has 0 amide bonds. The summed E-state index contributed by atoms with van der Waals surface area (Å²) < 4.78 is 5.54. The summed E-state index contributed by atoms with van der Waals surface area (Å²) in [4.78, 5) is 8.44. The first kappa shape index (κ1) is 12.8. The van der Waals surface area contributed by atoms with Crippen LogP contribution in [0.1, 0.15) is 12.6 Å². The quantitative estimate of drug-likeness (QED) is 0.901. The van der Waals surface area contributed by atoms with Gasteiger partial charge < -0.3 is 10.1 Å². The smallest absolute Gasteiger partial charge is 0.237 e. The Morgan fingerprint density at radius 1 is 1.28 bits per heavy atom. The first-order valence-electron chi connectivity index (χ1n) is 5.73. The summed E-state index contributed by atoms with van der Waals surface area (Å²) in [6.45, 7) is 3.66. The third-order valence-electron chi connectivity index (χ3n) is 2.26. The number of hydrogen-bond donors (Lipinski definition) is 1. The molecule has 0 aliphatic rings. The van der Waals surface area contributed by atoms with Crippen molar-refractivity contribution in [3.05, 3.63) is 47.4 Å². The van der Waals surface area contributed by atoms with Gasteiger partial charge >= 0.3 is 0 Å². The lowest BCUT2D eigenvalue weighted by Gasteiger charge is -2.05. The maximum atomic E-state index is 5.87. The van der Waals surface area contributed by atoms with Crippen LogP contribution in [-0.4, -0.2) is 16.5 Å². The molecule has 1 N–H and O–H groups in total. The van der Waals surface area contributed by atoms with Crippen LogP contribution < -0.4 is 10.1 Å². The molecule has 0 atom stereocenters. The van der Waals surface area contributed by atoms with E-state index < -0.39 is 0 Å². The molecule has 18 heavy (non-hydrogen) atoms. The Morgan fingerprint density at radius 3 is 2.83 bits per heavy atom. The van der Waals surface area contributed by atoms with E-state index in [2.05, 4.69) is 15.3 Å². The fraction of sp³-hybridized carbons (Fsp3) is 0.231. The minimum atomic E-state index is 0.456. The Balaban J connectivity index is 2.02. The Kier molecular flexibility index (Phi) is 4.50. The van der Waals surface area contributed by atoms with Gasteiger partial charge in [-0.25, -0.2) is 4.98 Å².